The summed E-state index contributed by atoms with van der Waals surface area (Å²) in [6.45, 7) is 15.9. The van der Waals surface area contributed by atoms with Crippen molar-refractivity contribution in [1.82, 2.24) is 4.57 Å². The molecule has 1 unspecified atom stereocenters. The van der Waals surface area contributed by atoms with Gasteiger partial charge in [-0.25, -0.2) is 4.79 Å². The normalized spacial score (nSPS) is 14.4. The summed E-state index contributed by atoms with van der Waals surface area (Å²) in [6.07, 6.45) is -0.212. The molecular weight excluding hydrogens is 270 g/mol. The highest BCUT2D eigenvalue weighted by Crippen LogP contribution is 2.20. The van der Waals surface area contributed by atoms with Crippen molar-refractivity contribution in [2.45, 2.75) is 51.2 Å². The Labute approximate surface area is 113 Å². The van der Waals surface area contributed by atoms with Crippen LogP contribution >= 0.6 is 11.6 Å². The lowest BCUT2D eigenvalue weighted by Crippen LogP contribution is -2.55. The maximum absolute atomic E-state index is 11.9. The minimum atomic E-state index is -1.73. The zero-order valence-corrected chi connectivity index (χ0v) is 14.9. The molecule has 6 heteroatoms. The number of hydrogen-bond acceptors (Lipinski definition) is 2. The molecule has 1 amide bonds. The van der Waals surface area contributed by atoms with E-state index >= 15 is 0 Å². The Morgan fingerprint density at radius 1 is 1.24 bits per heavy atom. The van der Waals surface area contributed by atoms with Gasteiger partial charge in [-0.3, -0.25) is 0 Å². The Kier molecular flexibility index (Phi) is 6.24. The number of hydrogen-bond donors (Lipinski definition) is 0. The highest BCUT2D eigenvalue weighted by atomic mass is 35.5. The van der Waals surface area contributed by atoms with Gasteiger partial charge in [0.25, 0.3) is 0 Å². The van der Waals surface area contributed by atoms with Gasteiger partial charge in [0.1, 0.15) is 0 Å². The Morgan fingerprint density at radius 2 is 1.71 bits per heavy atom. The smallest absolute Gasteiger partial charge is 0.401 e. The quantitative estimate of drug-likeness (QED) is 0.571. The standard InChI is InChI=1S/C11H26ClNO2Si2/c1-8-15-11(14)13(17(5,6)7)9-10(12)16(2,3)4/h10H,8-9H2,1-7H3. The molecule has 17 heavy (non-hydrogen) atoms. The third kappa shape index (κ3) is 5.92. The molecule has 0 aliphatic carbocycles. The SMILES string of the molecule is CCOC(=O)N(CC(Cl)[Si](C)(C)C)[Si](C)(C)C. The monoisotopic (exact) mass is 295 g/mol. The number of nitrogens with zero attached hydrogens (tertiary/aromatic N) is 1. The maximum atomic E-state index is 11.9. The van der Waals surface area contributed by atoms with Crippen LogP contribution < -0.4 is 0 Å². The molecule has 0 aromatic heterocycles. The topological polar surface area (TPSA) is 29.5 Å². The number of carbonyl (C=O) groups is 1. The van der Waals surface area contributed by atoms with Crippen LogP contribution in [0.1, 0.15) is 6.92 Å². The molecule has 102 valence electrons. The Morgan fingerprint density at radius 3 is 2.00 bits per heavy atom. The lowest BCUT2D eigenvalue weighted by atomic mass is 10.7. The summed E-state index contributed by atoms with van der Waals surface area (Å²) in [5.41, 5.74) is 0. The fraction of sp³-hybridized carbons (Fsp3) is 0.909. The number of ether oxygens (including phenoxy) is 1. The van der Waals surface area contributed by atoms with E-state index in [4.69, 9.17) is 16.3 Å². The zero-order chi connectivity index (χ0) is 13.9. The predicted octanol–water partition coefficient (Wildman–Crippen LogP) is 3.76. The van der Waals surface area contributed by atoms with E-state index in [1.165, 1.54) is 0 Å². The molecule has 0 saturated heterocycles. The summed E-state index contributed by atoms with van der Waals surface area (Å²) in [7, 11) is -3.16. The van der Waals surface area contributed by atoms with Gasteiger partial charge in [0, 0.05) is 11.5 Å². The lowest BCUT2D eigenvalue weighted by molar-refractivity contribution is 0.129. The van der Waals surface area contributed by atoms with Crippen molar-refractivity contribution in [2.24, 2.45) is 0 Å². The van der Waals surface area contributed by atoms with E-state index in [2.05, 4.69) is 39.3 Å². The Bertz CT molecular complexity index is 261. The highest BCUT2D eigenvalue weighted by molar-refractivity contribution is 6.84. The van der Waals surface area contributed by atoms with Crippen molar-refractivity contribution in [1.29, 1.82) is 0 Å². The summed E-state index contributed by atoms with van der Waals surface area (Å²) < 4.78 is 6.99. The van der Waals surface area contributed by atoms with Crippen molar-refractivity contribution in [2.75, 3.05) is 13.2 Å². The van der Waals surface area contributed by atoms with Crippen molar-refractivity contribution >= 4 is 34.0 Å². The number of alkyl halides is 1. The van der Waals surface area contributed by atoms with Crippen molar-refractivity contribution < 1.29 is 9.53 Å². The van der Waals surface area contributed by atoms with E-state index in [0.29, 0.717) is 13.2 Å². The van der Waals surface area contributed by atoms with E-state index in [1.807, 2.05) is 11.5 Å². The van der Waals surface area contributed by atoms with Crippen LogP contribution in [0.3, 0.4) is 0 Å². The van der Waals surface area contributed by atoms with Gasteiger partial charge in [0.15, 0.2) is 8.24 Å². The molecule has 0 heterocycles. The van der Waals surface area contributed by atoms with Gasteiger partial charge in [0.2, 0.25) is 0 Å². The van der Waals surface area contributed by atoms with Crippen LogP contribution in [0.5, 0.6) is 0 Å². The molecule has 0 radical (unpaired) electrons. The third-order valence-corrected chi connectivity index (χ3v) is 8.73. The molecule has 0 rings (SSSR count). The van der Waals surface area contributed by atoms with Gasteiger partial charge in [0.05, 0.1) is 14.7 Å². The third-order valence-electron chi connectivity index (χ3n) is 2.58. The Hall–Kier alpha value is -0.00623. The molecule has 0 saturated carbocycles. The first-order valence-electron chi connectivity index (χ1n) is 6.08. The molecule has 0 fully saturated rings. The summed E-state index contributed by atoms with van der Waals surface area (Å²) in [4.78, 5) is 11.9. The molecule has 1 atom stereocenters. The van der Waals surface area contributed by atoms with Crippen molar-refractivity contribution in [3.63, 3.8) is 0 Å². The second kappa shape index (κ2) is 6.25. The fourth-order valence-electron chi connectivity index (χ4n) is 1.26. The Balaban J connectivity index is 4.79. The first-order chi connectivity index (χ1) is 7.50. The molecule has 0 spiro atoms. The minimum absolute atomic E-state index is 0.0682. The average molecular weight is 296 g/mol. The zero-order valence-electron chi connectivity index (χ0n) is 12.1. The maximum Gasteiger partial charge on any atom is 0.401 e. The number of amides is 1. The van der Waals surface area contributed by atoms with E-state index in [1.54, 1.807) is 0 Å². The molecule has 0 aromatic carbocycles. The van der Waals surface area contributed by atoms with E-state index in [-0.39, 0.29) is 11.1 Å². The van der Waals surface area contributed by atoms with Gasteiger partial charge >= 0.3 is 6.09 Å². The van der Waals surface area contributed by atoms with Gasteiger partial charge in [-0.1, -0.05) is 39.3 Å². The lowest BCUT2D eigenvalue weighted by Gasteiger charge is -2.37. The molecule has 0 N–H and O–H groups in total. The van der Waals surface area contributed by atoms with Crippen LogP contribution in [0.25, 0.3) is 0 Å². The molecule has 0 aliphatic heterocycles. The van der Waals surface area contributed by atoms with Crippen LogP contribution in [-0.2, 0) is 4.74 Å². The molecule has 0 aromatic rings. The number of halogens is 1. The van der Waals surface area contributed by atoms with Gasteiger partial charge in [-0.15, -0.1) is 11.6 Å². The summed E-state index contributed by atoms with van der Waals surface area (Å²) in [5, 5.41) is 0.0682. The van der Waals surface area contributed by atoms with Gasteiger partial charge in [-0.05, 0) is 6.92 Å². The first-order valence-corrected chi connectivity index (χ1v) is 13.5. The molecule has 0 bridgehead atoms. The van der Waals surface area contributed by atoms with Crippen LogP contribution in [0.15, 0.2) is 0 Å². The predicted molar refractivity (Wildman–Crippen MR) is 80.1 cm³/mol. The van der Waals surface area contributed by atoms with Crippen molar-refractivity contribution in [3.8, 4) is 0 Å². The van der Waals surface area contributed by atoms with E-state index in [0.717, 1.165) is 0 Å². The van der Waals surface area contributed by atoms with Crippen LogP contribution in [0.2, 0.25) is 39.3 Å². The highest BCUT2D eigenvalue weighted by Gasteiger charge is 2.35. The van der Waals surface area contributed by atoms with Gasteiger partial charge in [-0.2, -0.15) is 0 Å². The molecular formula is C11H26ClNO2Si2. The average Bonchev–Trinajstić information content (AvgIpc) is 2.10. The van der Waals surface area contributed by atoms with Crippen molar-refractivity contribution in [3.05, 3.63) is 0 Å². The number of rotatable bonds is 5. The molecule has 0 aliphatic rings. The first kappa shape index (κ1) is 17.0. The summed E-state index contributed by atoms with van der Waals surface area (Å²) >= 11 is 6.44. The molecule has 3 nitrogen and oxygen atoms in total. The van der Waals surface area contributed by atoms with Crippen LogP contribution in [0.4, 0.5) is 4.79 Å². The summed E-state index contributed by atoms with van der Waals surface area (Å²) in [6, 6.07) is 0. The van der Waals surface area contributed by atoms with Crippen LogP contribution in [0, 0.1) is 0 Å². The van der Waals surface area contributed by atoms with Crippen LogP contribution in [-0.4, -0.2) is 45.1 Å². The number of carbonyl (C=O) groups excluding carboxylic acids is 1. The largest absolute Gasteiger partial charge is 0.450 e. The second-order valence-electron chi connectivity index (χ2n) is 6.31. The van der Waals surface area contributed by atoms with E-state index in [9.17, 15) is 4.79 Å². The van der Waals surface area contributed by atoms with Gasteiger partial charge < -0.3 is 9.30 Å². The minimum Gasteiger partial charge on any atom is -0.450 e. The van der Waals surface area contributed by atoms with E-state index < -0.39 is 16.3 Å². The second-order valence-corrected chi connectivity index (χ2v) is 17.5. The summed E-state index contributed by atoms with van der Waals surface area (Å²) in [5.74, 6) is 0. The fourth-order valence-corrected chi connectivity index (χ4v) is 3.77.